The Morgan fingerprint density at radius 2 is 2.00 bits per heavy atom. The molecule has 0 spiro atoms. The predicted molar refractivity (Wildman–Crippen MR) is 63.8 cm³/mol. The van der Waals surface area contributed by atoms with Gasteiger partial charge >= 0.3 is 0 Å². The third-order valence-corrected chi connectivity index (χ3v) is 4.14. The summed E-state index contributed by atoms with van der Waals surface area (Å²) >= 11 is 0. The molecule has 1 aromatic rings. The Balaban J connectivity index is 2.62. The van der Waals surface area contributed by atoms with Crippen LogP contribution in [-0.4, -0.2) is 30.5 Å². The van der Waals surface area contributed by atoms with E-state index in [1.54, 1.807) is 6.92 Å². The smallest absolute Gasteiger partial charge is 0.211 e. The summed E-state index contributed by atoms with van der Waals surface area (Å²) in [7, 11) is -1.19. The zero-order valence-corrected chi connectivity index (χ0v) is 11.1. The second-order valence-electron chi connectivity index (χ2n) is 3.82. The van der Waals surface area contributed by atoms with Crippen LogP contribution in [0, 0.1) is 13.8 Å². The minimum Gasteiger partial charge on any atom is -0.272 e. The number of nitrogens with one attached hydrogen (secondary N) is 1. The molecule has 1 aromatic heterocycles. The van der Waals surface area contributed by atoms with Gasteiger partial charge < -0.3 is 0 Å². The first kappa shape index (κ1) is 13.2. The average Bonchev–Trinajstić information content (AvgIpc) is 2.44. The standard InChI is InChI=1S/C10H19N3O2S/c1-5-16(14,15)11-7-6-10-8(2)12-13(4)9(10)3/h11H,5-7H2,1-4H3. The molecule has 0 fully saturated rings. The van der Waals surface area contributed by atoms with Gasteiger partial charge in [0.2, 0.25) is 10.0 Å². The molecule has 0 aliphatic heterocycles. The topological polar surface area (TPSA) is 64.0 Å². The van der Waals surface area contributed by atoms with E-state index in [4.69, 9.17) is 0 Å². The molecule has 0 bridgehead atoms. The van der Waals surface area contributed by atoms with Crippen molar-refractivity contribution >= 4 is 10.0 Å². The number of aromatic nitrogens is 2. The average molecular weight is 245 g/mol. The first-order valence-corrected chi connectivity index (χ1v) is 6.99. The summed E-state index contributed by atoms with van der Waals surface area (Å²) in [5, 5.41) is 4.29. The maximum absolute atomic E-state index is 11.2. The summed E-state index contributed by atoms with van der Waals surface area (Å²) in [5.41, 5.74) is 3.19. The van der Waals surface area contributed by atoms with Gasteiger partial charge in [-0.3, -0.25) is 4.68 Å². The lowest BCUT2D eigenvalue weighted by atomic mass is 10.1. The molecule has 0 saturated carbocycles. The van der Waals surface area contributed by atoms with E-state index in [1.165, 1.54) is 0 Å². The van der Waals surface area contributed by atoms with Crippen LogP contribution < -0.4 is 4.72 Å². The van der Waals surface area contributed by atoms with Crippen molar-refractivity contribution in [2.75, 3.05) is 12.3 Å². The van der Waals surface area contributed by atoms with Crippen molar-refractivity contribution in [3.05, 3.63) is 17.0 Å². The van der Waals surface area contributed by atoms with Crippen molar-refractivity contribution in [1.82, 2.24) is 14.5 Å². The van der Waals surface area contributed by atoms with Crippen molar-refractivity contribution in [3.63, 3.8) is 0 Å². The monoisotopic (exact) mass is 245 g/mol. The second kappa shape index (κ2) is 4.97. The molecular formula is C10H19N3O2S. The Kier molecular flexibility index (Phi) is 4.09. The molecule has 1 heterocycles. The zero-order valence-electron chi connectivity index (χ0n) is 10.2. The summed E-state index contributed by atoms with van der Waals surface area (Å²) in [4.78, 5) is 0. The third-order valence-electron chi connectivity index (χ3n) is 2.74. The van der Waals surface area contributed by atoms with E-state index in [-0.39, 0.29) is 5.75 Å². The van der Waals surface area contributed by atoms with Crippen molar-refractivity contribution in [3.8, 4) is 0 Å². The van der Waals surface area contributed by atoms with E-state index in [0.29, 0.717) is 13.0 Å². The van der Waals surface area contributed by atoms with Crippen LogP contribution in [0.1, 0.15) is 23.9 Å². The van der Waals surface area contributed by atoms with Gasteiger partial charge in [0.05, 0.1) is 11.4 Å². The number of nitrogens with zero attached hydrogens (tertiary/aromatic N) is 2. The summed E-state index contributed by atoms with van der Waals surface area (Å²) < 4.78 is 26.8. The largest absolute Gasteiger partial charge is 0.272 e. The molecule has 0 saturated heterocycles. The van der Waals surface area contributed by atoms with E-state index < -0.39 is 10.0 Å². The van der Waals surface area contributed by atoms with E-state index >= 15 is 0 Å². The fraction of sp³-hybridized carbons (Fsp3) is 0.700. The van der Waals surface area contributed by atoms with Gasteiger partial charge in [0.15, 0.2) is 0 Å². The Hall–Kier alpha value is -0.880. The minimum absolute atomic E-state index is 0.123. The molecule has 1 N–H and O–H groups in total. The highest BCUT2D eigenvalue weighted by molar-refractivity contribution is 7.89. The lowest BCUT2D eigenvalue weighted by Crippen LogP contribution is -2.27. The molecule has 0 aliphatic carbocycles. The molecule has 0 atom stereocenters. The van der Waals surface area contributed by atoms with Gasteiger partial charge in [0.1, 0.15) is 0 Å². The molecule has 92 valence electrons. The summed E-state index contributed by atoms with van der Waals surface area (Å²) in [6.45, 7) is 5.99. The third kappa shape index (κ3) is 3.05. The van der Waals surface area contributed by atoms with Gasteiger partial charge in [-0.25, -0.2) is 13.1 Å². The Labute approximate surface area is 96.9 Å². The van der Waals surface area contributed by atoms with Crippen LogP contribution in [0.5, 0.6) is 0 Å². The molecule has 0 aliphatic rings. The highest BCUT2D eigenvalue weighted by Gasteiger charge is 2.10. The van der Waals surface area contributed by atoms with Crippen LogP contribution in [-0.2, 0) is 23.5 Å². The van der Waals surface area contributed by atoms with Crippen LogP contribution in [0.15, 0.2) is 0 Å². The molecule has 6 heteroatoms. The summed E-state index contributed by atoms with van der Waals surface area (Å²) in [6.07, 6.45) is 0.685. The molecule has 0 unspecified atom stereocenters. The van der Waals surface area contributed by atoms with Crippen molar-refractivity contribution in [2.45, 2.75) is 27.2 Å². The van der Waals surface area contributed by atoms with Crippen LogP contribution in [0.25, 0.3) is 0 Å². The van der Waals surface area contributed by atoms with Gasteiger partial charge in [-0.05, 0) is 32.8 Å². The van der Waals surface area contributed by atoms with Gasteiger partial charge in [0.25, 0.3) is 0 Å². The first-order valence-electron chi connectivity index (χ1n) is 5.33. The molecule has 0 amide bonds. The molecule has 5 nitrogen and oxygen atoms in total. The maximum Gasteiger partial charge on any atom is 0.211 e. The zero-order chi connectivity index (χ0) is 12.3. The molecule has 1 rings (SSSR count). The van der Waals surface area contributed by atoms with E-state index in [2.05, 4.69) is 9.82 Å². The second-order valence-corrected chi connectivity index (χ2v) is 5.92. The van der Waals surface area contributed by atoms with Crippen molar-refractivity contribution in [2.24, 2.45) is 7.05 Å². The Bertz CT molecular complexity index is 463. The van der Waals surface area contributed by atoms with Crippen LogP contribution in [0.3, 0.4) is 0 Å². The maximum atomic E-state index is 11.2. The first-order chi connectivity index (χ1) is 7.37. The lowest BCUT2D eigenvalue weighted by molar-refractivity contribution is 0.582. The Morgan fingerprint density at radius 1 is 1.38 bits per heavy atom. The normalized spacial score (nSPS) is 12.0. The van der Waals surface area contributed by atoms with E-state index in [9.17, 15) is 8.42 Å². The fourth-order valence-electron chi connectivity index (χ4n) is 1.61. The summed E-state index contributed by atoms with van der Waals surface area (Å²) in [6, 6.07) is 0. The van der Waals surface area contributed by atoms with E-state index in [1.807, 2.05) is 25.6 Å². The van der Waals surface area contributed by atoms with Crippen LogP contribution in [0.4, 0.5) is 0 Å². The van der Waals surface area contributed by atoms with Crippen molar-refractivity contribution in [1.29, 1.82) is 0 Å². The van der Waals surface area contributed by atoms with Crippen LogP contribution in [0.2, 0.25) is 0 Å². The SMILES string of the molecule is CCS(=O)(=O)NCCc1c(C)nn(C)c1C. The van der Waals surface area contributed by atoms with Gasteiger partial charge in [-0.15, -0.1) is 0 Å². The number of rotatable bonds is 5. The molecule has 0 aromatic carbocycles. The van der Waals surface area contributed by atoms with Crippen molar-refractivity contribution < 1.29 is 8.42 Å². The number of aryl methyl sites for hydroxylation is 2. The number of hydrogen-bond acceptors (Lipinski definition) is 3. The predicted octanol–water partition coefficient (Wildman–Crippen LogP) is 0.519. The highest BCUT2D eigenvalue weighted by atomic mass is 32.2. The molecular weight excluding hydrogens is 226 g/mol. The van der Waals surface area contributed by atoms with Crippen LogP contribution >= 0.6 is 0 Å². The highest BCUT2D eigenvalue weighted by Crippen LogP contribution is 2.11. The van der Waals surface area contributed by atoms with Gasteiger partial charge in [-0.2, -0.15) is 5.10 Å². The van der Waals surface area contributed by atoms with E-state index in [0.717, 1.165) is 17.0 Å². The van der Waals surface area contributed by atoms with Gasteiger partial charge in [-0.1, -0.05) is 0 Å². The quantitative estimate of drug-likeness (QED) is 0.822. The lowest BCUT2D eigenvalue weighted by Gasteiger charge is -2.04. The number of hydrogen-bond donors (Lipinski definition) is 1. The molecule has 0 radical (unpaired) electrons. The minimum atomic E-state index is -3.09. The fourth-order valence-corrected chi connectivity index (χ4v) is 2.23. The molecule has 16 heavy (non-hydrogen) atoms. The van der Waals surface area contributed by atoms with Gasteiger partial charge in [0, 0.05) is 19.3 Å². The Morgan fingerprint density at radius 3 is 2.44 bits per heavy atom. The summed E-state index contributed by atoms with van der Waals surface area (Å²) in [5.74, 6) is 0.123. The number of sulfonamides is 1.